The average molecular weight is 342 g/mol. The van der Waals surface area contributed by atoms with Crippen LogP contribution < -0.4 is 20.7 Å². The lowest BCUT2D eigenvalue weighted by molar-refractivity contribution is -0.126. The van der Waals surface area contributed by atoms with Gasteiger partial charge in [-0.25, -0.2) is 0 Å². The molecule has 2 aliphatic rings. The van der Waals surface area contributed by atoms with E-state index in [9.17, 15) is 9.59 Å². The first-order valence-corrected chi connectivity index (χ1v) is 7.28. The molecule has 2 aliphatic heterocycles. The Morgan fingerprint density at radius 2 is 2.22 bits per heavy atom. The number of halogens is 1. The lowest BCUT2D eigenvalue weighted by Gasteiger charge is -2.26. The first-order chi connectivity index (χ1) is 10.6. The van der Waals surface area contributed by atoms with Crippen LogP contribution in [0.15, 0.2) is 18.2 Å². The molecule has 0 radical (unpaired) electrons. The smallest absolute Gasteiger partial charge is 0.264 e. The van der Waals surface area contributed by atoms with Crippen molar-refractivity contribution in [1.29, 1.82) is 0 Å². The highest BCUT2D eigenvalue weighted by Crippen LogP contribution is 2.33. The van der Waals surface area contributed by atoms with E-state index in [1.807, 2.05) is 0 Å². The number of carbonyl (C=O) groups is 2. The minimum absolute atomic E-state index is 0. The number of amides is 2. The maximum atomic E-state index is 12.2. The van der Waals surface area contributed by atoms with Gasteiger partial charge in [-0.2, -0.15) is 0 Å². The van der Waals surface area contributed by atoms with Gasteiger partial charge in [0.05, 0.1) is 11.8 Å². The first kappa shape index (κ1) is 17.5. The number of carbonyl (C=O) groups excluding carboxylic acids is 2. The number of ether oxygens (including phenoxy) is 2. The molecule has 0 spiro atoms. The molecule has 8 heteroatoms. The van der Waals surface area contributed by atoms with E-state index in [2.05, 4.69) is 5.32 Å². The Bertz CT molecular complexity index is 610. The summed E-state index contributed by atoms with van der Waals surface area (Å²) >= 11 is 0. The lowest BCUT2D eigenvalue weighted by atomic mass is 10.1. The van der Waals surface area contributed by atoms with Gasteiger partial charge in [-0.15, -0.1) is 12.4 Å². The fourth-order valence-electron chi connectivity index (χ4n) is 2.64. The second-order valence-corrected chi connectivity index (χ2v) is 5.47. The third-order valence-corrected chi connectivity index (χ3v) is 3.98. The number of hydrogen-bond acceptors (Lipinski definition) is 5. The van der Waals surface area contributed by atoms with Crippen LogP contribution in [0, 0.1) is 0 Å². The van der Waals surface area contributed by atoms with Gasteiger partial charge in [-0.05, 0) is 31.0 Å². The van der Waals surface area contributed by atoms with Crippen LogP contribution in [0.1, 0.15) is 12.8 Å². The number of benzene rings is 1. The van der Waals surface area contributed by atoms with Crippen molar-refractivity contribution in [2.75, 3.05) is 30.4 Å². The van der Waals surface area contributed by atoms with E-state index < -0.39 is 6.10 Å². The number of fused-ring (bicyclic) bond motifs is 1. The minimum Gasteiger partial charge on any atom is -0.482 e. The van der Waals surface area contributed by atoms with E-state index >= 15 is 0 Å². The van der Waals surface area contributed by atoms with Crippen molar-refractivity contribution in [2.24, 2.45) is 5.73 Å². The van der Waals surface area contributed by atoms with Crippen molar-refractivity contribution in [2.45, 2.75) is 25.0 Å². The normalized spacial score (nSPS) is 22.9. The van der Waals surface area contributed by atoms with Crippen molar-refractivity contribution in [3.05, 3.63) is 18.2 Å². The number of nitrogens with zero attached hydrogens (tertiary/aromatic N) is 1. The molecule has 2 heterocycles. The van der Waals surface area contributed by atoms with E-state index in [4.69, 9.17) is 15.2 Å². The van der Waals surface area contributed by atoms with E-state index in [0.717, 1.165) is 6.42 Å². The standard InChI is InChI=1S/C15H19N3O4.ClH/c1-18-11-6-9(2-4-12(11)21-8-14(18)19)17-15(20)13-5-3-10(7-16)22-13;/h2,4,6,10,13H,3,5,7-8,16H2,1H3,(H,17,20);1H/t10-,13+;/m1./s1. The largest absolute Gasteiger partial charge is 0.482 e. The quantitative estimate of drug-likeness (QED) is 0.852. The Kier molecular flexibility index (Phi) is 5.46. The molecule has 0 aliphatic carbocycles. The number of likely N-dealkylation sites (N-methyl/N-ethyl adjacent to an activating group) is 1. The summed E-state index contributed by atoms with van der Waals surface area (Å²) in [5.74, 6) is 0.308. The van der Waals surface area contributed by atoms with E-state index in [0.29, 0.717) is 30.1 Å². The highest BCUT2D eigenvalue weighted by molar-refractivity contribution is 5.99. The Labute approximate surface area is 140 Å². The topological polar surface area (TPSA) is 93.9 Å². The number of rotatable bonds is 3. The first-order valence-electron chi connectivity index (χ1n) is 7.28. The van der Waals surface area contributed by atoms with Gasteiger partial charge in [0.15, 0.2) is 6.61 Å². The predicted molar refractivity (Wildman–Crippen MR) is 88.2 cm³/mol. The molecule has 0 saturated carbocycles. The monoisotopic (exact) mass is 341 g/mol. The van der Waals surface area contributed by atoms with Gasteiger partial charge in [0.1, 0.15) is 11.9 Å². The molecule has 1 aromatic carbocycles. The molecule has 7 nitrogen and oxygen atoms in total. The second-order valence-electron chi connectivity index (χ2n) is 5.47. The van der Waals surface area contributed by atoms with Gasteiger partial charge in [-0.1, -0.05) is 0 Å². The van der Waals surface area contributed by atoms with Gasteiger partial charge in [-0.3, -0.25) is 9.59 Å². The van der Waals surface area contributed by atoms with Gasteiger partial charge < -0.3 is 25.4 Å². The van der Waals surface area contributed by atoms with Gasteiger partial charge in [0.25, 0.3) is 11.8 Å². The second kappa shape index (κ2) is 7.16. The third-order valence-electron chi connectivity index (χ3n) is 3.98. The van der Waals surface area contributed by atoms with Crippen LogP contribution in [0.5, 0.6) is 5.75 Å². The lowest BCUT2D eigenvalue weighted by Crippen LogP contribution is -2.35. The average Bonchev–Trinajstić information content (AvgIpc) is 3.00. The van der Waals surface area contributed by atoms with Gasteiger partial charge in [0, 0.05) is 19.3 Å². The van der Waals surface area contributed by atoms with Crippen LogP contribution in [0.2, 0.25) is 0 Å². The van der Waals surface area contributed by atoms with Crippen LogP contribution in [0.4, 0.5) is 11.4 Å². The molecule has 126 valence electrons. The maximum Gasteiger partial charge on any atom is 0.264 e. The molecule has 3 N–H and O–H groups in total. The van der Waals surface area contributed by atoms with E-state index in [1.165, 1.54) is 4.90 Å². The zero-order valence-electron chi connectivity index (χ0n) is 12.8. The highest BCUT2D eigenvalue weighted by atomic mass is 35.5. The number of nitrogens with one attached hydrogen (secondary N) is 1. The summed E-state index contributed by atoms with van der Waals surface area (Å²) in [5.41, 5.74) is 6.79. The highest BCUT2D eigenvalue weighted by Gasteiger charge is 2.30. The summed E-state index contributed by atoms with van der Waals surface area (Å²) in [5, 5.41) is 2.82. The summed E-state index contributed by atoms with van der Waals surface area (Å²) in [4.78, 5) is 25.4. The van der Waals surface area contributed by atoms with Crippen molar-refractivity contribution >= 4 is 35.6 Å². The van der Waals surface area contributed by atoms with Crippen LogP contribution in [0.3, 0.4) is 0 Å². The molecular formula is C15H20ClN3O4. The third kappa shape index (κ3) is 3.57. The van der Waals surface area contributed by atoms with Crippen LogP contribution in [-0.2, 0) is 14.3 Å². The number of nitrogens with two attached hydrogens (primary N) is 1. The number of hydrogen-bond donors (Lipinski definition) is 2. The molecule has 2 atom stereocenters. The van der Waals surface area contributed by atoms with Crippen molar-refractivity contribution in [3.63, 3.8) is 0 Å². The van der Waals surface area contributed by atoms with Gasteiger partial charge in [0.2, 0.25) is 0 Å². The SMILES string of the molecule is CN1C(=O)COc2ccc(NC(=O)[C@@H]3CC[C@H](CN)O3)cc21.Cl. The molecular weight excluding hydrogens is 322 g/mol. The Hall–Kier alpha value is -1.83. The fraction of sp³-hybridized carbons (Fsp3) is 0.467. The van der Waals surface area contributed by atoms with E-state index in [-0.39, 0.29) is 36.9 Å². The summed E-state index contributed by atoms with van der Waals surface area (Å²) in [7, 11) is 1.68. The molecule has 1 aromatic rings. The fourth-order valence-corrected chi connectivity index (χ4v) is 2.64. The summed E-state index contributed by atoms with van der Waals surface area (Å²) in [6.45, 7) is 0.457. The zero-order chi connectivity index (χ0) is 15.7. The van der Waals surface area contributed by atoms with Gasteiger partial charge >= 0.3 is 0 Å². The summed E-state index contributed by atoms with van der Waals surface area (Å²) in [6, 6.07) is 5.21. The Morgan fingerprint density at radius 1 is 1.43 bits per heavy atom. The van der Waals surface area contributed by atoms with E-state index in [1.54, 1.807) is 25.2 Å². The zero-order valence-corrected chi connectivity index (χ0v) is 13.6. The molecule has 3 rings (SSSR count). The molecule has 0 bridgehead atoms. The molecule has 23 heavy (non-hydrogen) atoms. The molecule has 1 saturated heterocycles. The minimum atomic E-state index is -0.472. The van der Waals surface area contributed by atoms with Crippen molar-refractivity contribution in [3.8, 4) is 5.75 Å². The summed E-state index contributed by atoms with van der Waals surface area (Å²) in [6.07, 6.45) is 0.945. The van der Waals surface area contributed by atoms with Crippen LogP contribution in [0.25, 0.3) is 0 Å². The maximum absolute atomic E-state index is 12.2. The Morgan fingerprint density at radius 3 is 2.91 bits per heavy atom. The number of anilines is 2. The van der Waals surface area contributed by atoms with Crippen molar-refractivity contribution < 1.29 is 19.1 Å². The predicted octanol–water partition coefficient (Wildman–Crippen LogP) is 0.908. The molecule has 0 unspecified atom stereocenters. The van der Waals surface area contributed by atoms with Crippen LogP contribution >= 0.6 is 12.4 Å². The Balaban J connectivity index is 0.00000192. The molecule has 2 amide bonds. The molecule has 0 aromatic heterocycles. The van der Waals surface area contributed by atoms with Crippen molar-refractivity contribution in [1.82, 2.24) is 0 Å². The summed E-state index contributed by atoms with van der Waals surface area (Å²) < 4.78 is 10.9. The van der Waals surface area contributed by atoms with Crippen LogP contribution in [-0.4, -0.2) is 44.2 Å². The molecule has 1 fully saturated rings.